The third kappa shape index (κ3) is 2.60. The second kappa shape index (κ2) is 6.73. The first-order chi connectivity index (χ1) is 11.6. The molecule has 2 aliphatic rings. The van der Waals surface area contributed by atoms with Gasteiger partial charge in [-0.3, -0.25) is 19.3 Å². The molecule has 2 fully saturated rings. The van der Waals surface area contributed by atoms with Gasteiger partial charge in [-0.1, -0.05) is 30.3 Å². The van der Waals surface area contributed by atoms with Crippen molar-refractivity contribution >= 4 is 17.7 Å². The van der Waals surface area contributed by atoms with Gasteiger partial charge >= 0.3 is 11.9 Å². The molecule has 0 unspecified atom stereocenters. The van der Waals surface area contributed by atoms with E-state index >= 15 is 0 Å². The lowest BCUT2D eigenvalue weighted by Crippen LogP contribution is -2.43. The van der Waals surface area contributed by atoms with Gasteiger partial charge in [0.2, 0.25) is 0 Å². The molecule has 0 aliphatic carbocycles. The molecule has 6 nitrogen and oxygen atoms in total. The van der Waals surface area contributed by atoms with Crippen molar-refractivity contribution in [3.8, 4) is 0 Å². The number of rotatable bonds is 4. The molecule has 1 aromatic rings. The van der Waals surface area contributed by atoms with E-state index in [9.17, 15) is 14.4 Å². The molecule has 2 aliphatic heterocycles. The van der Waals surface area contributed by atoms with Gasteiger partial charge in [-0.05, 0) is 19.4 Å². The lowest BCUT2D eigenvalue weighted by molar-refractivity contribution is -0.156. The van der Waals surface area contributed by atoms with Gasteiger partial charge in [0.05, 0.1) is 32.1 Å². The highest BCUT2D eigenvalue weighted by molar-refractivity contribution is 6.04. The van der Waals surface area contributed by atoms with Gasteiger partial charge in [0.1, 0.15) is 0 Å². The van der Waals surface area contributed by atoms with E-state index < -0.39 is 29.8 Å². The number of carbonyl (C=O) groups excluding carboxylic acids is 3. The van der Waals surface area contributed by atoms with Crippen LogP contribution in [0.3, 0.4) is 0 Å². The van der Waals surface area contributed by atoms with Crippen LogP contribution in [0.5, 0.6) is 0 Å². The van der Waals surface area contributed by atoms with Crippen LogP contribution < -0.4 is 0 Å². The Hall–Kier alpha value is -2.21. The molecule has 0 bridgehead atoms. The Balaban J connectivity index is 2.02. The van der Waals surface area contributed by atoms with E-state index in [1.807, 2.05) is 11.0 Å². The fourth-order valence-corrected chi connectivity index (χ4v) is 4.13. The predicted molar refractivity (Wildman–Crippen MR) is 85.3 cm³/mol. The zero-order valence-electron chi connectivity index (χ0n) is 13.8. The van der Waals surface area contributed by atoms with Crippen molar-refractivity contribution in [2.45, 2.75) is 24.9 Å². The Bertz CT molecular complexity index is 644. The Morgan fingerprint density at radius 1 is 1.00 bits per heavy atom. The number of esters is 2. The topological polar surface area (TPSA) is 72.9 Å². The van der Waals surface area contributed by atoms with Crippen LogP contribution >= 0.6 is 0 Å². The van der Waals surface area contributed by atoms with Gasteiger partial charge in [-0.15, -0.1) is 0 Å². The zero-order chi connectivity index (χ0) is 17.3. The van der Waals surface area contributed by atoms with Crippen molar-refractivity contribution in [1.29, 1.82) is 0 Å². The first-order valence-electron chi connectivity index (χ1n) is 8.10. The van der Waals surface area contributed by atoms with Crippen molar-refractivity contribution in [3.63, 3.8) is 0 Å². The Labute approximate surface area is 140 Å². The molecule has 2 saturated heterocycles. The monoisotopic (exact) mass is 331 g/mol. The fourth-order valence-electron chi connectivity index (χ4n) is 4.13. The highest BCUT2D eigenvalue weighted by Crippen LogP contribution is 2.43. The molecule has 2 heterocycles. The minimum atomic E-state index is -0.833. The Morgan fingerprint density at radius 3 is 2.25 bits per heavy atom. The van der Waals surface area contributed by atoms with Gasteiger partial charge in [0.15, 0.2) is 5.78 Å². The van der Waals surface area contributed by atoms with E-state index in [0.29, 0.717) is 12.1 Å². The first-order valence-corrected chi connectivity index (χ1v) is 8.10. The maximum Gasteiger partial charge on any atom is 0.311 e. The fraction of sp³-hybridized carbons (Fsp3) is 0.500. The van der Waals surface area contributed by atoms with Gasteiger partial charge in [0.25, 0.3) is 0 Å². The molecular weight excluding hydrogens is 310 g/mol. The summed E-state index contributed by atoms with van der Waals surface area (Å²) in [7, 11) is 2.59. The summed E-state index contributed by atoms with van der Waals surface area (Å²) in [4.78, 5) is 39.8. The molecule has 3 rings (SSSR count). The summed E-state index contributed by atoms with van der Waals surface area (Å²) in [6.45, 7) is 0.689. The predicted octanol–water partition coefficient (Wildman–Crippen LogP) is 1.29. The smallest absolute Gasteiger partial charge is 0.311 e. The second-order valence-electron chi connectivity index (χ2n) is 6.22. The van der Waals surface area contributed by atoms with Gasteiger partial charge in [-0.2, -0.15) is 0 Å². The summed E-state index contributed by atoms with van der Waals surface area (Å²) in [6, 6.07) is 8.03. The van der Waals surface area contributed by atoms with Crippen molar-refractivity contribution < 1.29 is 23.9 Å². The lowest BCUT2D eigenvalue weighted by atomic mass is 9.83. The third-order valence-electron chi connectivity index (χ3n) is 5.11. The first kappa shape index (κ1) is 16.6. The lowest BCUT2D eigenvalue weighted by Gasteiger charge is -2.24. The molecule has 128 valence electrons. The number of fused-ring (bicyclic) bond motifs is 1. The molecule has 0 N–H and O–H groups in total. The van der Waals surface area contributed by atoms with E-state index in [0.717, 1.165) is 12.8 Å². The number of ketones is 1. The largest absolute Gasteiger partial charge is 0.469 e. The Morgan fingerprint density at radius 2 is 1.62 bits per heavy atom. The average Bonchev–Trinajstić information content (AvgIpc) is 3.20. The van der Waals surface area contributed by atoms with Crippen molar-refractivity contribution in [3.05, 3.63) is 35.9 Å². The summed E-state index contributed by atoms with van der Waals surface area (Å²) in [5, 5.41) is 0. The normalized spacial score (nSPS) is 29.1. The number of Topliss-reactive ketones (excluding diaryl/α,β-unsaturated/α-hetero) is 1. The maximum absolute atomic E-state index is 13.1. The highest BCUT2D eigenvalue weighted by Gasteiger charge is 2.59. The van der Waals surface area contributed by atoms with Crippen LogP contribution in [0.2, 0.25) is 0 Å². The number of ether oxygens (including phenoxy) is 2. The number of benzene rings is 1. The molecule has 24 heavy (non-hydrogen) atoms. The van der Waals surface area contributed by atoms with E-state index in [-0.39, 0.29) is 11.8 Å². The zero-order valence-corrected chi connectivity index (χ0v) is 13.8. The highest BCUT2D eigenvalue weighted by atomic mass is 16.5. The molecule has 0 aromatic heterocycles. The molecule has 1 aromatic carbocycles. The minimum absolute atomic E-state index is 0.149. The number of carbonyl (C=O) groups is 3. The van der Waals surface area contributed by atoms with Crippen LogP contribution in [0.1, 0.15) is 23.2 Å². The van der Waals surface area contributed by atoms with Crippen molar-refractivity contribution in [2.24, 2.45) is 11.8 Å². The van der Waals surface area contributed by atoms with E-state index in [2.05, 4.69) is 0 Å². The number of methoxy groups -OCH3 is 2. The van der Waals surface area contributed by atoms with Crippen LogP contribution in [0.25, 0.3) is 0 Å². The molecular formula is C18H21NO5. The molecule has 0 spiro atoms. The van der Waals surface area contributed by atoms with Crippen LogP contribution in [-0.2, 0) is 19.1 Å². The minimum Gasteiger partial charge on any atom is -0.469 e. The number of hydrogen-bond acceptors (Lipinski definition) is 6. The molecule has 0 amide bonds. The van der Waals surface area contributed by atoms with E-state index in [4.69, 9.17) is 9.47 Å². The average molecular weight is 331 g/mol. The molecule has 4 atom stereocenters. The van der Waals surface area contributed by atoms with Crippen molar-refractivity contribution in [1.82, 2.24) is 4.90 Å². The van der Waals surface area contributed by atoms with Crippen LogP contribution in [0, 0.1) is 11.8 Å². The second-order valence-corrected chi connectivity index (χ2v) is 6.22. The molecule has 0 radical (unpaired) electrons. The summed E-state index contributed by atoms with van der Waals surface area (Å²) < 4.78 is 9.83. The number of hydrogen-bond donors (Lipinski definition) is 0. The van der Waals surface area contributed by atoms with Gasteiger partial charge < -0.3 is 9.47 Å². The van der Waals surface area contributed by atoms with Gasteiger partial charge in [-0.25, -0.2) is 0 Å². The summed E-state index contributed by atoms with van der Waals surface area (Å²) in [5.41, 5.74) is 0.535. The van der Waals surface area contributed by atoms with Crippen LogP contribution in [0.4, 0.5) is 0 Å². The van der Waals surface area contributed by atoms with E-state index in [1.165, 1.54) is 14.2 Å². The standard InChI is InChI=1S/C18H21NO5/c1-23-17(21)13-12-9-6-10-19(12)15(14(13)18(22)24-2)16(20)11-7-4-3-5-8-11/h3-5,7-8,12-15H,6,9-10H2,1-2H3/t12-,13+,14-,15+/m1/s1. The summed E-state index contributed by atoms with van der Waals surface area (Å²) in [6.07, 6.45) is 1.66. The third-order valence-corrected chi connectivity index (χ3v) is 5.11. The molecule has 6 heteroatoms. The van der Waals surface area contributed by atoms with Crippen molar-refractivity contribution in [2.75, 3.05) is 20.8 Å². The summed E-state index contributed by atoms with van der Waals surface area (Å²) in [5.74, 6) is -2.63. The van der Waals surface area contributed by atoms with Gasteiger partial charge in [0, 0.05) is 11.6 Å². The molecule has 0 saturated carbocycles. The maximum atomic E-state index is 13.1. The van der Waals surface area contributed by atoms with E-state index in [1.54, 1.807) is 24.3 Å². The van der Waals surface area contributed by atoms with Crippen LogP contribution in [-0.4, -0.2) is 55.5 Å². The SMILES string of the molecule is COC(=O)[C@@H]1[C@@H](C(=O)OC)[C@@H](C(=O)c2ccccc2)N2CCC[C@H]12. The van der Waals surface area contributed by atoms with Crippen LogP contribution in [0.15, 0.2) is 30.3 Å². The Kier molecular flexibility index (Phi) is 4.66. The summed E-state index contributed by atoms with van der Waals surface area (Å²) >= 11 is 0. The number of nitrogens with zero attached hydrogens (tertiary/aromatic N) is 1. The quantitative estimate of drug-likeness (QED) is 0.611.